The SMILES string of the molecule is CC(C)(O)C(C)(OB(O)c1ccccc1)C(=O)O. The molecule has 0 spiro atoms. The Hall–Kier alpha value is -1.37. The van der Waals surface area contributed by atoms with Gasteiger partial charge in [-0.2, -0.15) is 0 Å². The molecule has 3 N–H and O–H groups in total. The summed E-state index contributed by atoms with van der Waals surface area (Å²) in [5.74, 6) is -1.34. The standard InChI is InChI=1S/C12H17BO5/c1-11(2,16)12(3,10(14)15)18-13(17)9-7-5-4-6-8-9/h4-8,16-17H,1-3H3,(H,14,15). The van der Waals surface area contributed by atoms with Gasteiger partial charge in [0.1, 0.15) is 0 Å². The lowest BCUT2D eigenvalue weighted by atomic mass is 9.76. The molecule has 6 heteroatoms. The average Bonchev–Trinajstić information content (AvgIpc) is 2.28. The summed E-state index contributed by atoms with van der Waals surface area (Å²) in [5.41, 5.74) is -3.13. The molecule has 18 heavy (non-hydrogen) atoms. The van der Waals surface area contributed by atoms with Crippen LogP contribution in [0.4, 0.5) is 0 Å². The van der Waals surface area contributed by atoms with Crippen molar-refractivity contribution in [3.05, 3.63) is 30.3 Å². The summed E-state index contributed by atoms with van der Waals surface area (Å²) in [6.07, 6.45) is 0. The van der Waals surface area contributed by atoms with Crippen LogP contribution < -0.4 is 5.46 Å². The van der Waals surface area contributed by atoms with E-state index in [4.69, 9.17) is 9.76 Å². The molecule has 0 aromatic heterocycles. The van der Waals surface area contributed by atoms with Crippen LogP contribution in [0.2, 0.25) is 0 Å². The number of aliphatic hydroxyl groups is 1. The molecule has 0 radical (unpaired) electrons. The summed E-state index contributed by atoms with van der Waals surface area (Å²) in [6, 6.07) is 8.38. The molecular weight excluding hydrogens is 235 g/mol. The van der Waals surface area contributed by atoms with Crippen molar-refractivity contribution in [1.29, 1.82) is 0 Å². The van der Waals surface area contributed by atoms with Crippen molar-refractivity contribution in [3.8, 4) is 0 Å². The van der Waals surface area contributed by atoms with Gasteiger partial charge >= 0.3 is 13.1 Å². The molecule has 0 amide bonds. The summed E-state index contributed by atoms with van der Waals surface area (Å²) in [5, 5.41) is 28.9. The summed E-state index contributed by atoms with van der Waals surface area (Å²) in [7, 11) is -1.42. The van der Waals surface area contributed by atoms with Crippen LogP contribution in [0.3, 0.4) is 0 Å². The van der Waals surface area contributed by atoms with E-state index in [-0.39, 0.29) is 0 Å². The van der Waals surface area contributed by atoms with Crippen LogP contribution in [-0.2, 0) is 9.45 Å². The number of hydrogen-bond acceptors (Lipinski definition) is 4. The second kappa shape index (κ2) is 5.10. The van der Waals surface area contributed by atoms with Gasteiger partial charge in [0.15, 0.2) is 5.60 Å². The molecule has 1 unspecified atom stereocenters. The minimum atomic E-state index is -1.91. The first kappa shape index (κ1) is 14.7. The van der Waals surface area contributed by atoms with E-state index in [9.17, 15) is 14.9 Å². The molecule has 5 nitrogen and oxygen atoms in total. The molecule has 1 atom stereocenters. The first-order valence-electron chi connectivity index (χ1n) is 5.55. The lowest BCUT2D eigenvalue weighted by Crippen LogP contribution is -2.59. The Balaban J connectivity index is 2.97. The van der Waals surface area contributed by atoms with E-state index in [2.05, 4.69) is 0 Å². The van der Waals surface area contributed by atoms with Crippen molar-refractivity contribution in [2.75, 3.05) is 0 Å². The molecule has 0 fully saturated rings. The second-order valence-corrected chi connectivity index (χ2v) is 4.78. The largest absolute Gasteiger partial charge is 0.492 e. The third-order valence-corrected chi connectivity index (χ3v) is 3.01. The highest BCUT2D eigenvalue weighted by atomic mass is 16.6. The lowest BCUT2D eigenvalue weighted by molar-refractivity contribution is -0.177. The lowest BCUT2D eigenvalue weighted by Gasteiger charge is -2.37. The number of carbonyl (C=O) groups is 1. The molecule has 98 valence electrons. The Morgan fingerprint density at radius 2 is 1.72 bits per heavy atom. The Morgan fingerprint density at radius 3 is 2.11 bits per heavy atom. The first-order chi connectivity index (χ1) is 8.18. The number of aliphatic carboxylic acids is 1. The van der Waals surface area contributed by atoms with Crippen molar-refractivity contribution in [3.63, 3.8) is 0 Å². The van der Waals surface area contributed by atoms with Crippen LogP contribution in [0.25, 0.3) is 0 Å². The molecule has 0 bridgehead atoms. The van der Waals surface area contributed by atoms with Crippen LogP contribution in [0.15, 0.2) is 30.3 Å². The van der Waals surface area contributed by atoms with E-state index in [0.29, 0.717) is 5.46 Å². The fourth-order valence-corrected chi connectivity index (χ4v) is 1.37. The molecule has 0 saturated carbocycles. The second-order valence-electron chi connectivity index (χ2n) is 4.78. The summed E-state index contributed by atoms with van der Waals surface area (Å²) < 4.78 is 5.16. The molecular formula is C12H17BO5. The van der Waals surface area contributed by atoms with E-state index in [1.165, 1.54) is 20.8 Å². The monoisotopic (exact) mass is 252 g/mol. The van der Waals surface area contributed by atoms with Gasteiger partial charge in [-0.05, 0) is 26.2 Å². The molecule has 1 rings (SSSR count). The molecule has 1 aromatic carbocycles. The third kappa shape index (κ3) is 2.90. The van der Waals surface area contributed by atoms with Gasteiger partial charge < -0.3 is 19.9 Å². The summed E-state index contributed by atoms with van der Waals surface area (Å²) in [4.78, 5) is 11.2. The molecule has 0 aliphatic carbocycles. The number of carboxylic acid groups (broad SMARTS) is 1. The van der Waals surface area contributed by atoms with Crippen molar-refractivity contribution in [1.82, 2.24) is 0 Å². The zero-order valence-electron chi connectivity index (χ0n) is 10.6. The molecule has 0 aliphatic heterocycles. The van der Waals surface area contributed by atoms with Gasteiger partial charge in [-0.3, -0.25) is 0 Å². The van der Waals surface area contributed by atoms with Crippen LogP contribution >= 0.6 is 0 Å². The fourth-order valence-electron chi connectivity index (χ4n) is 1.37. The van der Waals surface area contributed by atoms with E-state index in [1.54, 1.807) is 30.3 Å². The Bertz CT molecular complexity index is 414. The van der Waals surface area contributed by atoms with Gasteiger partial charge in [0.05, 0.1) is 5.60 Å². The third-order valence-electron chi connectivity index (χ3n) is 3.01. The molecule has 0 heterocycles. The maximum atomic E-state index is 11.2. The van der Waals surface area contributed by atoms with Crippen molar-refractivity contribution >= 4 is 18.6 Å². The van der Waals surface area contributed by atoms with Crippen LogP contribution in [0.5, 0.6) is 0 Å². The molecule has 0 aliphatic rings. The van der Waals surface area contributed by atoms with Gasteiger partial charge in [0.25, 0.3) is 0 Å². The average molecular weight is 252 g/mol. The van der Waals surface area contributed by atoms with E-state index in [0.717, 1.165) is 0 Å². The van der Waals surface area contributed by atoms with Crippen molar-refractivity contribution in [2.24, 2.45) is 0 Å². The van der Waals surface area contributed by atoms with Gasteiger partial charge in [0.2, 0.25) is 0 Å². The van der Waals surface area contributed by atoms with E-state index < -0.39 is 24.3 Å². The van der Waals surface area contributed by atoms with Crippen molar-refractivity contribution in [2.45, 2.75) is 32.0 Å². The minimum Gasteiger partial charge on any atom is -0.479 e. The summed E-state index contributed by atoms with van der Waals surface area (Å²) in [6.45, 7) is 3.86. The Morgan fingerprint density at radius 1 is 1.22 bits per heavy atom. The van der Waals surface area contributed by atoms with Gasteiger partial charge in [-0.15, -0.1) is 0 Å². The number of hydrogen-bond donors (Lipinski definition) is 3. The molecule has 0 saturated heterocycles. The Kier molecular flexibility index (Phi) is 4.16. The summed E-state index contributed by atoms with van der Waals surface area (Å²) >= 11 is 0. The predicted octanol–water partition coefficient (Wildman–Crippen LogP) is 0.00490. The first-order valence-corrected chi connectivity index (χ1v) is 5.55. The Labute approximate surface area is 106 Å². The highest BCUT2D eigenvalue weighted by Gasteiger charge is 2.50. The maximum absolute atomic E-state index is 11.2. The van der Waals surface area contributed by atoms with Crippen molar-refractivity contribution < 1.29 is 24.7 Å². The van der Waals surface area contributed by atoms with E-state index in [1.807, 2.05) is 0 Å². The molecule has 1 aromatic rings. The number of carboxylic acids is 1. The smallest absolute Gasteiger partial charge is 0.479 e. The normalized spacial score (nSPS) is 14.9. The van der Waals surface area contributed by atoms with Gasteiger partial charge in [-0.25, -0.2) is 4.79 Å². The van der Waals surface area contributed by atoms with Gasteiger partial charge in [0, 0.05) is 0 Å². The predicted molar refractivity (Wildman–Crippen MR) is 67.5 cm³/mol. The van der Waals surface area contributed by atoms with E-state index >= 15 is 0 Å². The van der Waals surface area contributed by atoms with Gasteiger partial charge in [-0.1, -0.05) is 30.3 Å². The van der Waals surface area contributed by atoms with Crippen LogP contribution in [-0.4, -0.2) is 39.5 Å². The topological polar surface area (TPSA) is 87.0 Å². The van der Waals surface area contributed by atoms with Crippen LogP contribution in [0, 0.1) is 0 Å². The zero-order chi connectivity index (χ0) is 14.0. The maximum Gasteiger partial charge on any atom is 0.492 e. The quantitative estimate of drug-likeness (QED) is 0.642. The van der Waals surface area contributed by atoms with Crippen LogP contribution in [0.1, 0.15) is 20.8 Å². The zero-order valence-corrected chi connectivity index (χ0v) is 10.6. The highest BCUT2D eigenvalue weighted by molar-refractivity contribution is 6.60. The minimum absolute atomic E-state index is 0.425. The number of benzene rings is 1. The number of rotatable bonds is 5. The fraction of sp³-hybridized carbons (Fsp3) is 0.417. The highest BCUT2D eigenvalue weighted by Crippen LogP contribution is 2.26.